The fourth-order valence-electron chi connectivity index (χ4n) is 3.66. The highest BCUT2D eigenvalue weighted by molar-refractivity contribution is 6.12. The van der Waals surface area contributed by atoms with E-state index in [2.05, 4.69) is 24.5 Å². The summed E-state index contributed by atoms with van der Waals surface area (Å²) in [6.45, 7) is 20.7. The smallest absolute Gasteiger partial charge is 0.445 e. The maximum Gasteiger partial charge on any atom is 0.582 e. The first-order valence-corrected chi connectivity index (χ1v) is 9.16. The topological polar surface area (TPSA) is 88.9 Å². The van der Waals surface area contributed by atoms with Crippen molar-refractivity contribution in [2.75, 3.05) is 0 Å². The number of nitrogens with zero attached hydrogens (tertiary/aromatic N) is 6. The van der Waals surface area contributed by atoms with Crippen molar-refractivity contribution in [2.45, 2.75) is 0 Å². The summed E-state index contributed by atoms with van der Waals surface area (Å²) in [6, 6.07) is 1.37. The Morgan fingerprint density at radius 1 is 0.639 bits per heavy atom. The third-order valence-electron chi connectivity index (χ3n) is 5.15. The molecular formula is C22F6N6O2. The molecule has 0 spiro atoms. The Hall–Kier alpha value is -5.60. The van der Waals surface area contributed by atoms with Crippen LogP contribution in [0.4, 0.5) is 26.3 Å². The van der Waals surface area contributed by atoms with E-state index in [1.54, 1.807) is 0 Å². The summed E-state index contributed by atoms with van der Waals surface area (Å²) in [4.78, 5) is 15.2. The van der Waals surface area contributed by atoms with E-state index in [9.17, 15) is 8.78 Å². The molecule has 0 aliphatic carbocycles. The summed E-state index contributed by atoms with van der Waals surface area (Å²) in [5, 5.41) is 3.46. The van der Waals surface area contributed by atoms with Crippen LogP contribution in [0.3, 0.4) is 0 Å². The number of hydrogen-bond acceptors (Lipinski definition) is 5. The molecule has 36 heavy (non-hydrogen) atoms. The van der Waals surface area contributed by atoms with Gasteiger partial charge < -0.3 is 8.83 Å². The molecule has 0 aliphatic rings. The maximum absolute atomic E-state index is 15.7. The second-order valence-corrected chi connectivity index (χ2v) is 6.90. The van der Waals surface area contributed by atoms with Gasteiger partial charge in [-0.3, -0.25) is 0 Å². The molecule has 0 unspecified atom stereocenters. The van der Waals surface area contributed by atoms with Gasteiger partial charge in [-0.05, 0) is 0 Å². The second-order valence-electron chi connectivity index (χ2n) is 6.90. The number of aromatic nitrogens is 2. The summed E-state index contributed by atoms with van der Waals surface area (Å²) in [7, 11) is 0. The summed E-state index contributed by atoms with van der Waals surface area (Å²) in [5.74, 6) is -12.0. The highest BCUT2D eigenvalue weighted by Crippen LogP contribution is 2.41. The highest BCUT2D eigenvalue weighted by Gasteiger charge is 2.32. The lowest BCUT2D eigenvalue weighted by molar-refractivity contribution is 0.515. The number of nitriles is 1. The molecule has 0 N–H and O–H groups in total. The zero-order valence-electron chi connectivity index (χ0n) is 16.8. The van der Waals surface area contributed by atoms with Crippen molar-refractivity contribution in [1.29, 1.82) is 5.26 Å². The van der Waals surface area contributed by atoms with Crippen LogP contribution in [0.15, 0.2) is 8.83 Å². The molecule has 172 valence electrons. The molecule has 0 aliphatic heterocycles. The SMILES string of the molecule is [C-]#[N+]C([N+]#[C-])=c1nc2c(F)c3c(F)c4c(F)c(F)c5n/c(=C(\C#N)[N+]#[C-])oc5c4c(F)c3c(F)c2o1. The molecule has 0 amide bonds. The van der Waals surface area contributed by atoms with Gasteiger partial charge in [-0.15, -0.1) is 9.69 Å². The van der Waals surface area contributed by atoms with Crippen LogP contribution in [0, 0.1) is 66.0 Å². The average molecular weight is 494 g/mol. The minimum Gasteiger partial charge on any atom is -0.445 e. The third kappa shape index (κ3) is 2.61. The van der Waals surface area contributed by atoms with Crippen LogP contribution in [0.5, 0.6) is 0 Å². The Morgan fingerprint density at radius 2 is 1.17 bits per heavy atom. The maximum atomic E-state index is 15.7. The Morgan fingerprint density at radius 3 is 1.78 bits per heavy atom. The highest BCUT2D eigenvalue weighted by atomic mass is 19.2. The van der Waals surface area contributed by atoms with E-state index >= 15 is 17.6 Å². The van der Waals surface area contributed by atoms with Crippen molar-refractivity contribution in [3.63, 3.8) is 0 Å². The number of benzene rings is 3. The molecule has 3 aromatic carbocycles. The fourth-order valence-corrected chi connectivity index (χ4v) is 3.66. The summed E-state index contributed by atoms with van der Waals surface area (Å²) in [6.07, 6.45) is 0. The average Bonchev–Trinajstić information content (AvgIpc) is 3.50. The third-order valence-corrected chi connectivity index (χ3v) is 5.15. The van der Waals surface area contributed by atoms with Crippen LogP contribution >= 0.6 is 0 Å². The van der Waals surface area contributed by atoms with E-state index in [1.165, 1.54) is 6.07 Å². The van der Waals surface area contributed by atoms with E-state index < -0.39 is 101 Å². The van der Waals surface area contributed by atoms with Crippen LogP contribution < -0.4 is 11.1 Å². The van der Waals surface area contributed by atoms with Crippen molar-refractivity contribution < 1.29 is 35.2 Å². The van der Waals surface area contributed by atoms with Gasteiger partial charge in [0.25, 0.3) is 0 Å². The zero-order chi connectivity index (χ0) is 26.0. The monoisotopic (exact) mass is 494 g/mol. The summed E-state index contributed by atoms with van der Waals surface area (Å²) >= 11 is 0. The number of fused-ring (bicyclic) bond motifs is 5. The first-order valence-electron chi connectivity index (χ1n) is 9.16. The van der Waals surface area contributed by atoms with E-state index in [0.29, 0.717) is 0 Å². The lowest BCUT2D eigenvalue weighted by Gasteiger charge is -2.11. The van der Waals surface area contributed by atoms with Gasteiger partial charge in [0.05, 0.1) is 34.2 Å². The predicted molar refractivity (Wildman–Crippen MR) is 108 cm³/mol. The standard InChI is InChI=1S/C22F6N6O2/c1-30-5(4-29)21-33-17-15(28)12(25)8-9(18(17)35-21)11(24)7-6(10(8)23)13(26)16-19(14(7)27)36-22(34-16)20(31-2)32-3/b21-5-. The molecule has 0 atom stereocenters. The molecule has 0 bridgehead atoms. The Bertz CT molecular complexity index is 2130. The first kappa shape index (κ1) is 22.2. The lowest BCUT2D eigenvalue weighted by Crippen LogP contribution is -2.03. The lowest BCUT2D eigenvalue weighted by atomic mass is 9.99. The van der Waals surface area contributed by atoms with Gasteiger partial charge in [-0.2, -0.15) is 0 Å². The number of hydrogen-bond donors (Lipinski definition) is 0. The Labute approximate surface area is 192 Å². The van der Waals surface area contributed by atoms with Crippen LogP contribution in [0.25, 0.3) is 69.8 Å². The number of oxazole rings is 2. The van der Waals surface area contributed by atoms with Gasteiger partial charge in [0.15, 0.2) is 34.4 Å². The van der Waals surface area contributed by atoms with E-state index in [-0.39, 0.29) is 0 Å². The van der Waals surface area contributed by atoms with Crippen LogP contribution in [0.2, 0.25) is 0 Å². The van der Waals surface area contributed by atoms with Crippen LogP contribution in [-0.4, -0.2) is 9.97 Å². The second kappa shape index (κ2) is 7.45. The molecule has 2 heterocycles. The Balaban J connectivity index is 2.14. The van der Waals surface area contributed by atoms with Crippen molar-refractivity contribution in [3.05, 3.63) is 80.2 Å². The minimum absolute atomic E-state index is 0.833. The van der Waals surface area contributed by atoms with Gasteiger partial charge in [0.1, 0.15) is 35.8 Å². The quantitative estimate of drug-likeness (QED) is 0.179. The summed E-state index contributed by atoms with van der Waals surface area (Å²) < 4.78 is 101. The van der Waals surface area contributed by atoms with Gasteiger partial charge >= 0.3 is 17.1 Å². The molecule has 14 heteroatoms. The molecule has 0 saturated carbocycles. The fraction of sp³-hybridized carbons (Fsp3) is 0. The zero-order valence-corrected chi connectivity index (χ0v) is 16.8. The van der Waals surface area contributed by atoms with Gasteiger partial charge in [-0.25, -0.2) is 46.4 Å². The van der Waals surface area contributed by atoms with Crippen molar-refractivity contribution in [1.82, 2.24) is 9.97 Å². The molecule has 5 rings (SSSR count). The number of halogens is 6. The number of rotatable bonds is 0. The molecule has 5 aromatic rings. The molecule has 2 aromatic heterocycles. The summed E-state index contributed by atoms with van der Waals surface area (Å²) in [5.41, 5.74) is -6.66. The van der Waals surface area contributed by atoms with Crippen LogP contribution in [-0.2, 0) is 0 Å². The molecule has 8 nitrogen and oxygen atoms in total. The van der Waals surface area contributed by atoms with E-state index in [1.807, 2.05) is 0 Å². The van der Waals surface area contributed by atoms with Crippen LogP contribution in [0.1, 0.15) is 0 Å². The van der Waals surface area contributed by atoms with Gasteiger partial charge in [-0.1, -0.05) is 0 Å². The molecule has 0 fully saturated rings. The molecule has 0 saturated heterocycles. The largest absolute Gasteiger partial charge is 0.582 e. The van der Waals surface area contributed by atoms with E-state index in [0.717, 1.165) is 0 Å². The van der Waals surface area contributed by atoms with Crippen molar-refractivity contribution in [3.8, 4) is 6.07 Å². The Kier molecular flexibility index (Phi) is 4.60. The van der Waals surface area contributed by atoms with Crippen molar-refractivity contribution >= 4 is 55.3 Å². The van der Waals surface area contributed by atoms with Gasteiger partial charge in [0.2, 0.25) is 5.55 Å². The van der Waals surface area contributed by atoms with Crippen molar-refractivity contribution in [2.24, 2.45) is 0 Å². The minimum atomic E-state index is -2.03. The molecule has 0 radical (unpaired) electrons. The van der Waals surface area contributed by atoms with Gasteiger partial charge in [0, 0.05) is 0 Å². The first-order chi connectivity index (χ1) is 17.2. The van der Waals surface area contributed by atoms with E-state index in [4.69, 9.17) is 33.8 Å². The molecular weight excluding hydrogens is 494 g/mol. The normalized spacial score (nSPS) is 11.9. The predicted octanol–water partition coefficient (Wildman–Crippen LogP) is 4.57.